The Morgan fingerprint density at radius 3 is 2.60 bits per heavy atom. The van der Waals surface area contributed by atoms with E-state index in [4.69, 9.17) is 21.4 Å². The molecule has 0 saturated carbocycles. The molecule has 2 aromatic rings. The van der Waals surface area contributed by atoms with Crippen LogP contribution in [0.4, 0.5) is 0 Å². The minimum atomic E-state index is 0.0589. The van der Waals surface area contributed by atoms with Gasteiger partial charge < -0.3 is 9.84 Å². The predicted molar refractivity (Wildman–Crippen MR) is 79.6 cm³/mol. The van der Waals surface area contributed by atoms with Crippen LogP contribution in [0.3, 0.4) is 0 Å². The molecule has 1 N–H and O–H groups in total. The molecule has 20 heavy (non-hydrogen) atoms. The van der Waals surface area contributed by atoms with Crippen LogP contribution in [0.2, 0.25) is 5.02 Å². The SMILES string of the molecule is CCc1nn(CCO)c(CC)c1Oc1ccccc1Cl. The molecule has 0 aliphatic rings. The van der Waals surface area contributed by atoms with Crippen LogP contribution >= 0.6 is 11.6 Å². The molecule has 0 atom stereocenters. The summed E-state index contributed by atoms with van der Waals surface area (Å²) in [5.74, 6) is 1.39. The second-order valence-corrected chi connectivity index (χ2v) is 4.82. The number of aromatic nitrogens is 2. The smallest absolute Gasteiger partial charge is 0.171 e. The van der Waals surface area contributed by atoms with Gasteiger partial charge in [0, 0.05) is 0 Å². The summed E-state index contributed by atoms with van der Waals surface area (Å²) in [6, 6.07) is 7.39. The second kappa shape index (κ2) is 6.77. The van der Waals surface area contributed by atoms with Crippen molar-refractivity contribution in [3.63, 3.8) is 0 Å². The fraction of sp³-hybridized carbons (Fsp3) is 0.400. The maximum atomic E-state index is 9.12. The van der Waals surface area contributed by atoms with Gasteiger partial charge in [0.05, 0.1) is 23.9 Å². The van der Waals surface area contributed by atoms with Gasteiger partial charge in [-0.25, -0.2) is 0 Å². The minimum absolute atomic E-state index is 0.0589. The Bertz CT molecular complexity index is 581. The Morgan fingerprint density at radius 2 is 2.00 bits per heavy atom. The first-order valence-electron chi connectivity index (χ1n) is 6.83. The normalized spacial score (nSPS) is 10.8. The van der Waals surface area contributed by atoms with Gasteiger partial charge in [-0.3, -0.25) is 4.68 Å². The van der Waals surface area contributed by atoms with E-state index in [1.54, 1.807) is 6.07 Å². The summed E-state index contributed by atoms with van der Waals surface area (Å²) in [4.78, 5) is 0. The molecule has 0 spiro atoms. The molecule has 4 nitrogen and oxygen atoms in total. The van der Waals surface area contributed by atoms with E-state index in [1.165, 1.54) is 0 Å². The maximum absolute atomic E-state index is 9.12. The second-order valence-electron chi connectivity index (χ2n) is 4.41. The van der Waals surface area contributed by atoms with E-state index in [2.05, 4.69) is 5.10 Å². The topological polar surface area (TPSA) is 47.3 Å². The van der Waals surface area contributed by atoms with Gasteiger partial charge in [0.15, 0.2) is 5.75 Å². The Hall–Kier alpha value is -1.52. The monoisotopic (exact) mass is 294 g/mol. The summed E-state index contributed by atoms with van der Waals surface area (Å²) < 4.78 is 7.79. The van der Waals surface area contributed by atoms with Gasteiger partial charge in [-0.2, -0.15) is 5.10 Å². The van der Waals surface area contributed by atoms with Crippen molar-refractivity contribution >= 4 is 11.6 Å². The number of benzene rings is 1. The summed E-state index contributed by atoms with van der Waals surface area (Å²) in [5, 5.41) is 14.2. The Morgan fingerprint density at radius 1 is 1.25 bits per heavy atom. The van der Waals surface area contributed by atoms with Crippen LogP contribution in [-0.2, 0) is 19.4 Å². The summed E-state index contributed by atoms with van der Waals surface area (Å²) in [6.07, 6.45) is 1.55. The number of aliphatic hydroxyl groups is 1. The average Bonchev–Trinajstić information content (AvgIpc) is 2.78. The Labute approximate surface area is 123 Å². The molecule has 5 heteroatoms. The Balaban J connectivity index is 2.41. The summed E-state index contributed by atoms with van der Waals surface area (Å²) >= 11 is 6.14. The molecule has 0 aliphatic heterocycles. The number of rotatable bonds is 6. The third kappa shape index (κ3) is 2.97. The number of halogens is 1. The van der Waals surface area contributed by atoms with Crippen molar-refractivity contribution in [1.82, 2.24) is 9.78 Å². The molecule has 0 fully saturated rings. The molecule has 0 bridgehead atoms. The zero-order valence-electron chi connectivity index (χ0n) is 11.8. The van der Waals surface area contributed by atoms with E-state index >= 15 is 0 Å². The molecule has 0 radical (unpaired) electrons. The van der Waals surface area contributed by atoms with E-state index in [9.17, 15) is 0 Å². The van der Waals surface area contributed by atoms with Crippen molar-refractivity contribution in [3.05, 3.63) is 40.7 Å². The van der Waals surface area contributed by atoms with Gasteiger partial charge in [0.2, 0.25) is 0 Å². The van der Waals surface area contributed by atoms with E-state index in [0.717, 1.165) is 30.0 Å². The van der Waals surface area contributed by atoms with Gasteiger partial charge >= 0.3 is 0 Å². The zero-order chi connectivity index (χ0) is 14.5. The third-order valence-electron chi connectivity index (χ3n) is 3.11. The zero-order valence-corrected chi connectivity index (χ0v) is 12.5. The molecule has 2 rings (SSSR count). The van der Waals surface area contributed by atoms with Crippen LogP contribution in [0.25, 0.3) is 0 Å². The quantitative estimate of drug-likeness (QED) is 0.888. The van der Waals surface area contributed by atoms with Crippen molar-refractivity contribution in [2.75, 3.05) is 6.61 Å². The lowest BCUT2D eigenvalue weighted by atomic mass is 10.2. The fourth-order valence-electron chi connectivity index (χ4n) is 2.14. The highest BCUT2D eigenvalue weighted by molar-refractivity contribution is 6.32. The number of nitrogens with zero attached hydrogens (tertiary/aromatic N) is 2. The lowest BCUT2D eigenvalue weighted by Gasteiger charge is -2.10. The van der Waals surface area contributed by atoms with Crippen LogP contribution in [0.1, 0.15) is 25.2 Å². The van der Waals surface area contributed by atoms with Crippen LogP contribution < -0.4 is 4.74 Å². The molecule has 1 heterocycles. The number of hydrogen-bond acceptors (Lipinski definition) is 3. The predicted octanol–water partition coefficient (Wildman–Crippen LogP) is 3.45. The van der Waals surface area contributed by atoms with E-state index in [-0.39, 0.29) is 6.61 Å². The molecular formula is C15H19ClN2O2. The molecule has 0 aliphatic carbocycles. The lowest BCUT2D eigenvalue weighted by Crippen LogP contribution is -2.07. The van der Waals surface area contributed by atoms with E-state index in [0.29, 0.717) is 17.3 Å². The minimum Gasteiger partial charge on any atom is -0.452 e. The van der Waals surface area contributed by atoms with Gasteiger partial charge in [0.25, 0.3) is 0 Å². The molecule has 108 valence electrons. The molecule has 1 aromatic heterocycles. The van der Waals surface area contributed by atoms with E-state index < -0.39 is 0 Å². The van der Waals surface area contributed by atoms with Crippen LogP contribution in [-0.4, -0.2) is 21.5 Å². The molecule has 0 unspecified atom stereocenters. The summed E-state index contributed by atoms with van der Waals surface area (Å²) in [6.45, 7) is 4.61. The number of hydrogen-bond donors (Lipinski definition) is 1. The standard InChI is InChI=1S/C15H19ClN2O2/c1-3-12-15(13(4-2)18(17-12)9-10-19)20-14-8-6-5-7-11(14)16/h5-8,19H,3-4,9-10H2,1-2H3. The molecule has 1 aromatic carbocycles. The lowest BCUT2D eigenvalue weighted by molar-refractivity contribution is 0.267. The first kappa shape index (κ1) is 14.9. The van der Waals surface area contributed by atoms with Crippen LogP contribution in [0.5, 0.6) is 11.5 Å². The van der Waals surface area contributed by atoms with Gasteiger partial charge in [0.1, 0.15) is 11.4 Å². The highest BCUT2D eigenvalue weighted by Crippen LogP contribution is 2.34. The third-order valence-corrected chi connectivity index (χ3v) is 3.42. The number of aliphatic hydroxyl groups excluding tert-OH is 1. The molecule has 0 saturated heterocycles. The van der Waals surface area contributed by atoms with Crippen molar-refractivity contribution in [1.29, 1.82) is 0 Å². The molecule has 0 amide bonds. The first-order valence-corrected chi connectivity index (χ1v) is 7.20. The van der Waals surface area contributed by atoms with Gasteiger partial charge in [-0.15, -0.1) is 0 Å². The van der Waals surface area contributed by atoms with Crippen molar-refractivity contribution in [2.24, 2.45) is 0 Å². The number of aryl methyl sites for hydroxylation is 1. The van der Waals surface area contributed by atoms with Crippen molar-refractivity contribution in [2.45, 2.75) is 33.2 Å². The van der Waals surface area contributed by atoms with Crippen LogP contribution in [0, 0.1) is 0 Å². The van der Waals surface area contributed by atoms with Crippen molar-refractivity contribution < 1.29 is 9.84 Å². The van der Waals surface area contributed by atoms with Crippen LogP contribution in [0.15, 0.2) is 24.3 Å². The summed E-state index contributed by atoms with van der Waals surface area (Å²) in [7, 11) is 0. The molecular weight excluding hydrogens is 276 g/mol. The van der Waals surface area contributed by atoms with Gasteiger partial charge in [-0.05, 0) is 25.0 Å². The first-order chi connectivity index (χ1) is 9.71. The average molecular weight is 295 g/mol. The van der Waals surface area contributed by atoms with E-state index in [1.807, 2.05) is 36.7 Å². The summed E-state index contributed by atoms with van der Waals surface area (Å²) in [5.41, 5.74) is 1.87. The number of para-hydroxylation sites is 1. The highest BCUT2D eigenvalue weighted by atomic mass is 35.5. The van der Waals surface area contributed by atoms with Gasteiger partial charge in [-0.1, -0.05) is 37.6 Å². The maximum Gasteiger partial charge on any atom is 0.171 e. The number of ether oxygens (including phenoxy) is 1. The van der Waals surface area contributed by atoms with Crippen molar-refractivity contribution in [3.8, 4) is 11.5 Å². The largest absolute Gasteiger partial charge is 0.452 e. The highest BCUT2D eigenvalue weighted by Gasteiger charge is 2.18. The fourth-order valence-corrected chi connectivity index (χ4v) is 2.32. The Kier molecular flexibility index (Phi) is 5.04.